The van der Waals surface area contributed by atoms with Crippen LogP contribution in [0.25, 0.3) is 0 Å². The Balaban J connectivity index is 0.990. The molecule has 7 rings (SSSR count). The first-order valence-corrected chi connectivity index (χ1v) is 19.3. The predicted octanol–water partition coefficient (Wildman–Crippen LogP) is 1.03. The maximum atomic E-state index is 13.3. The summed E-state index contributed by atoms with van der Waals surface area (Å²) in [7, 11) is 0. The molecule has 7 heterocycles. The Kier molecular flexibility index (Phi) is 10.2. The number of aromatic nitrogens is 4. The van der Waals surface area contributed by atoms with E-state index >= 15 is 0 Å². The molecular formula is C32H38Cl2N10O8S+2. The number of amides is 4. The summed E-state index contributed by atoms with van der Waals surface area (Å²) in [5, 5.41) is 1.15. The van der Waals surface area contributed by atoms with Gasteiger partial charge < -0.3 is 28.4 Å². The molecule has 2 aromatic heterocycles. The second-order valence-electron chi connectivity index (χ2n) is 13.8. The minimum absolute atomic E-state index is 0.0260. The van der Waals surface area contributed by atoms with Crippen LogP contribution in [-0.4, -0.2) is 159 Å². The quantitative estimate of drug-likeness (QED) is 0.127. The van der Waals surface area contributed by atoms with Crippen LogP contribution >= 0.6 is 35.0 Å². The third kappa shape index (κ3) is 7.24. The molecule has 18 nitrogen and oxygen atoms in total. The summed E-state index contributed by atoms with van der Waals surface area (Å²) in [4.78, 5) is 107. The van der Waals surface area contributed by atoms with Gasteiger partial charge in [0.1, 0.15) is 59.9 Å². The smallest absolute Gasteiger partial charge is 0.344 e. The number of imide groups is 2. The molecule has 21 heteroatoms. The van der Waals surface area contributed by atoms with E-state index in [-0.39, 0.29) is 47.1 Å². The molecule has 5 fully saturated rings. The molecule has 282 valence electrons. The minimum atomic E-state index is -0.959. The molecule has 0 aromatic carbocycles. The van der Waals surface area contributed by atoms with Crippen molar-refractivity contribution in [1.82, 2.24) is 30.1 Å². The van der Waals surface area contributed by atoms with Crippen molar-refractivity contribution in [2.75, 3.05) is 94.6 Å². The molecule has 0 N–H and O–H groups in total. The van der Waals surface area contributed by atoms with E-state index in [1.54, 1.807) is 13.2 Å². The van der Waals surface area contributed by atoms with Gasteiger partial charge in [0.15, 0.2) is 10.3 Å². The summed E-state index contributed by atoms with van der Waals surface area (Å²) in [6.45, 7) is 11.1. The Bertz CT molecular complexity index is 1860. The maximum Gasteiger partial charge on any atom is 0.370 e. The number of anilines is 2. The van der Waals surface area contributed by atoms with Crippen molar-refractivity contribution in [3.05, 3.63) is 27.3 Å². The number of hydrogen-bond acceptors (Lipinski definition) is 15. The molecule has 5 saturated heterocycles. The lowest BCUT2D eigenvalue weighted by Gasteiger charge is -2.54. The Morgan fingerprint density at radius 3 is 1.38 bits per heavy atom. The van der Waals surface area contributed by atoms with Crippen LogP contribution in [0.1, 0.15) is 52.2 Å². The molecule has 2 aromatic rings. The molecular weight excluding hydrogens is 755 g/mol. The summed E-state index contributed by atoms with van der Waals surface area (Å²) < 4.78 is 1.83. The second kappa shape index (κ2) is 14.6. The van der Waals surface area contributed by atoms with Gasteiger partial charge in [0.2, 0.25) is 0 Å². The molecule has 0 saturated carbocycles. The van der Waals surface area contributed by atoms with E-state index in [1.807, 2.05) is 9.80 Å². The number of thioether (sulfide) groups is 1. The van der Waals surface area contributed by atoms with Crippen molar-refractivity contribution in [3.63, 3.8) is 0 Å². The lowest BCUT2D eigenvalue weighted by atomic mass is 10.1. The van der Waals surface area contributed by atoms with Crippen molar-refractivity contribution in [2.45, 2.75) is 37.8 Å². The third-order valence-electron chi connectivity index (χ3n) is 10.8. The monoisotopic (exact) mass is 792 g/mol. The molecule has 0 radical (unpaired) electrons. The lowest BCUT2D eigenvalue weighted by Crippen LogP contribution is -2.73. The predicted molar refractivity (Wildman–Crippen MR) is 187 cm³/mol. The van der Waals surface area contributed by atoms with Gasteiger partial charge >= 0.3 is 11.9 Å². The van der Waals surface area contributed by atoms with Crippen LogP contribution < -0.4 is 9.80 Å². The molecule has 0 aliphatic carbocycles. The zero-order valence-corrected chi connectivity index (χ0v) is 31.5. The highest BCUT2D eigenvalue weighted by Crippen LogP contribution is 2.33. The van der Waals surface area contributed by atoms with Gasteiger partial charge in [0.05, 0.1) is 52.4 Å². The van der Waals surface area contributed by atoms with Crippen LogP contribution in [0.15, 0.2) is 5.16 Å². The molecule has 4 amide bonds. The number of carbonyl (C=O) groups is 6. The van der Waals surface area contributed by atoms with Gasteiger partial charge in [-0.3, -0.25) is 19.2 Å². The van der Waals surface area contributed by atoms with Crippen molar-refractivity contribution in [1.29, 1.82) is 0 Å². The Morgan fingerprint density at radius 2 is 0.981 bits per heavy atom. The maximum absolute atomic E-state index is 13.3. The van der Waals surface area contributed by atoms with Crippen LogP contribution in [0.4, 0.5) is 11.6 Å². The molecule has 0 bridgehead atoms. The minimum Gasteiger partial charge on any atom is -0.344 e. The number of nitrogens with zero attached hydrogens (tertiary/aromatic N) is 10. The van der Waals surface area contributed by atoms with Gasteiger partial charge in [0.25, 0.3) is 23.6 Å². The summed E-state index contributed by atoms with van der Waals surface area (Å²) >= 11 is 14.2. The molecule has 5 aliphatic heterocycles. The topological polar surface area (TPSA) is 185 Å². The van der Waals surface area contributed by atoms with Gasteiger partial charge in [-0.05, 0) is 13.2 Å². The fourth-order valence-corrected chi connectivity index (χ4v) is 8.51. The van der Waals surface area contributed by atoms with Crippen LogP contribution in [0.5, 0.6) is 0 Å². The first kappa shape index (κ1) is 37.2. The molecule has 2 spiro atoms. The SMILES string of the molecule is CSc1nc(Cl)c(C(=O)ON2C(=O)CCC2=O)c(N2CC[N+]3(CC2)CC[N+]2(CCN(c4nc(C)nc(Cl)c4C(=O)ON4C(=O)CCC4=O)CC2)CC3)n1. The zero-order chi connectivity index (χ0) is 37.7. The van der Waals surface area contributed by atoms with E-state index in [9.17, 15) is 28.8 Å². The largest absolute Gasteiger partial charge is 0.370 e. The Labute approximate surface area is 318 Å². The van der Waals surface area contributed by atoms with Crippen molar-refractivity contribution in [3.8, 4) is 0 Å². The van der Waals surface area contributed by atoms with Crippen LogP contribution in [0, 0.1) is 6.92 Å². The fourth-order valence-electron chi connectivity index (χ4n) is 7.57. The van der Waals surface area contributed by atoms with Crippen LogP contribution in [-0.2, 0) is 28.9 Å². The fraction of sp³-hybridized carbons (Fsp3) is 0.562. The number of halogens is 2. The lowest BCUT2D eigenvalue weighted by molar-refractivity contribution is -1.03. The number of aryl methyl sites for hydroxylation is 1. The van der Waals surface area contributed by atoms with Crippen molar-refractivity contribution < 1.29 is 47.4 Å². The summed E-state index contributed by atoms with van der Waals surface area (Å²) in [6.07, 6.45) is 1.69. The standard InChI is InChI=1S/C32H38Cl2N10O8S/c1-19-35-26(33)24(30(49)51-41-20(45)3-4-21(41)46)28(36-19)39-7-11-43(12-8-39)15-17-44(18-16-43)13-9-40(10-14-44)29-25(27(34)37-32(38-29)53-2)31(50)52-42-22(47)5-6-23(42)48/h3-18H2,1-2H3/q+2. The highest BCUT2D eigenvalue weighted by atomic mass is 35.5. The van der Waals surface area contributed by atoms with E-state index in [1.165, 1.54) is 11.8 Å². The van der Waals surface area contributed by atoms with Gasteiger partial charge in [0, 0.05) is 25.7 Å². The molecule has 53 heavy (non-hydrogen) atoms. The number of rotatable bonds is 7. The van der Waals surface area contributed by atoms with Gasteiger partial charge in [-0.2, -0.15) is 0 Å². The first-order valence-electron chi connectivity index (χ1n) is 17.3. The zero-order valence-electron chi connectivity index (χ0n) is 29.2. The van der Waals surface area contributed by atoms with Gasteiger partial charge in [-0.15, -0.1) is 10.1 Å². The number of hydrogen-bond donors (Lipinski definition) is 0. The van der Waals surface area contributed by atoms with Crippen molar-refractivity contribution >= 4 is 82.2 Å². The van der Waals surface area contributed by atoms with Crippen LogP contribution in [0.2, 0.25) is 10.3 Å². The second-order valence-corrected chi connectivity index (χ2v) is 15.3. The number of piperazine rings is 3. The van der Waals surface area contributed by atoms with E-state index in [0.717, 1.165) is 61.3 Å². The van der Waals surface area contributed by atoms with Gasteiger partial charge in [-0.1, -0.05) is 35.0 Å². The molecule has 0 unspecified atom stereocenters. The van der Waals surface area contributed by atoms with E-state index in [2.05, 4.69) is 19.9 Å². The third-order valence-corrected chi connectivity index (χ3v) is 11.9. The molecule has 0 atom stereocenters. The highest BCUT2D eigenvalue weighted by molar-refractivity contribution is 7.98. The van der Waals surface area contributed by atoms with Crippen molar-refractivity contribution in [2.24, 2.45) is 0 Å². The Hall–Kier alpha value is -4.17. The highest BCUT2D eigenvalue weighted by Gasteiger charge is 2.47. The number of quaternary nitrogens is 2. The van der Waals surface area contributed by atoms with E-state index in [0.29, 0.717) is 58.9 Å². The van der Waals surface area contributed by atoms with E-state index < -0.39 is 35.6 Å². The normalized spacial score (nSPS) is 21.3. The van der Waals surface area contributed by atoms with Gasteiger partial charge in [-0.25, -0.2) is 29.5 Å². The average molecular weight is 794 g/mol. The number of carbonyl (C=O) groups excluding carboxylic acids is 6. The number of hydroxylamine groups is 4. The first-order chi connectivity index (χ1) is 25.3. The van der Waals surface area contributed by atoms with E-state index in [4.69, 9.17) is 32.9 Å². The summed E-state index contributed by atoms with van der Waals surface area (Å²) in [5.74, 6) is -3.27. The summed E-state index contributed by atoms with van der Waals surface area (Å²) in [5.41, 5.74) is -0.163. The van der Waals surface area contributed by atoms with Crippen LogP contribution in [0.3, 0.4) is 0 Å². The summed E-state index contributed by atoms with van der Waals surface area (Å²) in [6, 6.07) is 0. The Morgan fingerprint density at radius 1 is 0.604 bits per heavy atom. The average Bonchev–Trinajstić information content (AvgIpc) is 3.63. The molecule has 5 aliphatic rings.